The highest BCUT2D eigenvalue weighted by atomic mass is 15.1. The standard InChI is InChI=1S/C13H23N.C2H6/c1-4-5-9-14(3)11-13-8-6-7-12(2)10-13;1-2/h6-7,10,13H,4-5,8-9,11H2,1-3H3;1-2H3. The first-order valence-electron chi connectivity index (χ1n) is 6.76. The first-order chi connectivity index (χ1) is 7.72. The summed E-state index contributed by atoms with van der Waals surface area (Å²) in [6.07, 6.45) is 10.8. The van der Waals surface area contributed by atoms with Crippen molar-refractivity contribution in [1.82, 2.24) is 4.90 Å². The van der Waals surface area contributed by atoms with Crippen molar-refractivity contribution in [2.45, 2.75) is 47.0 Å². The molecule has 0 aliphatic heterocycles. The van der Waals surface area contributed by atoms with Gasteiger partial charge in [-0.15, -0.1) is 0 Å². The van der Waals surface area contributed by atoms with Crippen LogP contribution in [0.3, 0.4) is 0 Å². The molecule has 0 aromatic heterocycles. The monoisotopic (exact) mass is 223 g/mol. The maximum atomic E-state index is 2.46. The third kappa shape index (κ3) is 6.84. The third-order valence-corrected chi connectivity index (χ3v) is 2.76. The van der Waals surface area contributed by atoms with Gasteiger partial charge in [-0.1, -0.05) is 51.0 Å². The van der Waals surface area contributed by atoms with Crippen molar-refractivity contribution >= 4 is 0 Å². The molecule has 1 rings (SSSR count). The molecule has 0 saturated heterocycles. The fraction of sp³-hybridized carbons (Fsp3) is 0.733. The number of hydrogen-bond donors (Lipinski definition) is 0. The second kappa shape index (κ2) is 9.65. The number of unbranched alkanes of at least 4 members (excludes halogenated alkanes) is 1. The van der Waals surface area contributed by atoms with Crippen LogP contribution in [0.5, 0.6) is 0 Å². The van der Waals surface area contributed by atoms with Gasteiger partial charge in [-0.2, -0.15) is 0 Å². The van der Waals surface area contributed by atoms with Crippen LogP contribution in [0.1, 0.15) is 47.0 Å². The minimum Gasteiger partial charge on any atom is -0.306 e. The summed E-state index contributed by atoms with van der Waals surface area (Å²) in [4.78, 5) is 2.46. The zero-order chi connectivity index (χ0) is 12.4. The van der Waals surface area contributed by atoms with Crippen molar-refractivity contribution in [3.8, 4) is 0 Å². The van der Waals surface area contributed by atoms with Crippen molar-refractivity contribution in [2.75, 3.05) is 20.1 Å². The van der Waals surface area contributed by atoms with E-state index in [0.29, 0.717) is 0 Å². The molecular formula is C15H29N. The first-order valence-corrected chi connectivity index (χ1v) is 6.76. The smallest absolute Gasteiger partial charge is 0.00445 e. The molecule has 0 bridgehead atoms. The summed E-state index contributed by atoms with van der Waals surface area (Å²) in [6, 6.07) is 0. The van der Waals surface area contributed by atoms with E-state index in [1.807, 2.05) is 13.8 Å². The van der Waals surface area contributed by atoms with Gasteiger partial charge in [0.15, 0.2) is 0 Å². The Balaban J connectivity index is 0.00000106. The second-order valence-electron chi connectivity index (χ2n) is 4.42. The van der Waals surface area contributed by atoms with Crippen LogP contribution in [-0.4, -0.2) is 25.0 Å². The summed E-state index contributed by atoms with van der Waals surface area (Å²) in [5.41, 5.74) is 1.42. The van der Waals surface area contributed by atoms with E-state index in [0.717, 1.165) is 5.92 Å². The Bertz CT molecular complexity index is 215. The van der Waals surface area contributed by atoms with Crippen molar-refractivity contribution in [3.05, 3.63) is 23.8 Å². The Morgan fingerprint density at radius 2 is 2.06 bits per heavy atom. The van der Waals surface area contributed by atoms with Crippen LogP contribution in [0.15, 0.2) is 23.8 Å². The van der Waals surface area contributed by atoms with Crippen LogP contribution in [0.25, 0.3) is 0 Å². The average Bonchev–Trinajstić information content (AvgIpc) is 2.29. The van der Waals surface area contributed by atoms with Gasteiger partial charge in [-0.3, -0.25) is 0 Å². The highest BCUT2D eigenvalue weighted by Crippen LogP contribution is 2.17. The van der Waals surface area contributed by atoms with Crippen molar-refractivity contribution in [3.63, 3.8) is 0 Å². The zero-order valence-corrected chi connectivity index (χ0v) is 11.8. The van der Waals surface area contributed by atoms with E-state index in [4.69, 9.17) is 0 Å². The van der Waals surface area contributed by atoms with Crippen LogP contribution in [0.4, 0.5) is 0 Å². The molecule has 1 aliphatic carbocycles. The molecule has 1 atom stereocenters. The molecule has 0 amide bonds. The summed E-state index contributed by atoms with van der Waals surface area (Å²) in [6.45, 7) is 10.9. The van der Waals surface area contributed by atoms with Crippen molar-refractivity contribution < 1.29 is 0 Å². The highest BCUT2D eigenvalue weighted by Gasteiger charge is 2.09. The SMILES string of the molecule is CC.CCCCN(C)CC1C=C(C)C=CC1. The molecule has 1 nitrogen and oxygen atoms in total. The highest BCUT2D eigenvalue weighted by molar-refractivity contribution is 5.21. The molecule has 0 fully saturated rings. The maximum Gasteiger partial charge on any atom is 0.00445 e. The first kappa shape index (κ1) is 15.4. The lowest BCUT2D eigenvalue weighted by molar-refractivity contribution is 0.295. The van der Waals surface area contributed by atoms with E-state index in [9.17, 15) is 0 Å². The average molecular weight is 223 g/mol. The number of nitrogens with zero attached hydrogens (tertiary/aromatic N) is 1. The Labute approximate surface area is 102 Å². The van der Waals surface area contributed by atoms with Crippen LogP contribution in [0.2, 0.25) is 0 Å². The summed E-state index contributed by atoms with van der Waals surface area (Å²) in [7, 11) is 2.23. The minimum atomic E-state index is 0.738. The lowest BCUT2D eigenvalue weighted by Crippen LogP contribution is -2.26. The molecule has 0 aromatic rings. The molecular weight excluding hydrogens is 194 g/mol. The molecule has 0 radical (unpaired) electrons. The predicted molar refractivity (Wildman–Crippen MR) is 74.8 cm³/mol. The molecule has 16 heavy (non-hydrogen) atoms. The number of rotatable bonds is 5. The predicted octanol–water partition coefficient (Wildman–Crippen LogP) is 4.27. The molecule has 0 saturated carbocycles. The van der Waals surface area contributed by atoms with Crippen LogP contribution < -0.4 is 0 Å². The molecule has 1 unspecified atom stereocenters. The fourth-order valence-electron chi connectivity index (χ4n) is 1.97. The van der Waals surface area contributed by atoms with E-state index in [1.54, 1.807) is 0 Å². The molecule has 94 valence electrons. The normalized spacial score (nSPS) is 19.1. The van der Waals surface area contributed by atoms with Gasteiger partial charge in [-0.05, 0) is 39.3 Å². The van der Waals surface area contributed by atoms with Gasteiger partial charge in [0, 0.05) is 6.54 Å². The fourth-order valence-corrected chi connectivity index (χ4v) is 1.97. The topological polar surface area (TPSA) is 3.24 Å². The third-order valence-electron chi connectivity index (χ3n) is 2.76. The van der Waals surface area contributed by atoms with Gasteiger partial charge in [0.1, 0.15) is 0 Å². The molecule has 1 aliphatic rings. The van der Waals surface area contributed by atoms with E-state index in [-0.39, 0.29) is 0 Å². The maximum absolute atomic E-state index is 2.46. The van der Waals surface area contributed by atoms with Crippen LogP contribution >= 0.6 is 0 Å². The Morgan fingerprint density at radius 1 is 1.38 bits per heavy atom. The largest absolute Gasteiger partial charge is 0.306 e. The van der Waals surface area contributed by atoms with E-state index in [1.165, 1.54) is 37.9 Å². The quantitative estimate of drug-likeness (QED) is 0.673. The van der Waals surface area contributed by atoms with Crippen molar-refractivity contribution in [2.24, 2.45) is 5.92 Å². The van der Waals surface area contributed by atoms with E-state index in [2.05, 4.69) is 44.0 Å². The second-order valence-corrected chi connectivity index (χ2v) is 4.42. The van der Waals surface area contributed by atoms with Crippen LogP contribution in [-0.2, 0) is 0 Å². The minimum absolute atomic E-state index is 0.738. The van der Waals surface area contributed by atoms with E-state index >= 15 is 0 Å². The van der Waals surface area contributed by atoms with Gasteiger partial charge in [-0.25, -0.2) is 0 Å². The Kier molecular flexibility index (Phi) is 9.31. The van der Waals surface area contributed by atoms with Gasteiger partial charge in [0.05, 0.1) is 0 Å². The van der Waals surface area contributed by atoms with Gasteiger partial charge in [0.2, 0.25) is 0 Å². The molecule has 0 N–H and O–H groups in total. The summed E-state index contributed by atoms with van der Waals surface area (Å²) >= 11 is 0. The summed E-state index contributed by atoms with van der Waals surface area (Å²) in [5, 5.41) is 0. The van der Waals surface area contributed by atoms with Gasteiger partial charge in [0.25, 0.3) is 0 Å². The van der Waals surface area contributed by atoms with E-state index < -0.39 is 0 Å². The number of allylic oxidation sites excluding steroid dienone is 3. The Morgan fingerprint density at radius 3 is 2.62 bits per heavy atom. The van der Waals surface area contributed by atoms with Crippen LogP contribution in [0, 0.1) is 5.92 Å². The summed E-state index contributed by atoms with van der Waals surface area (Å²) < 4.78 is 0. The lowest BCUT2D eigenvalue weighted by atomic mass is 9.96. The zero-order valence-electron chi connectivity index (χ0n) is 11.8. The molecule has 0 heterocycles. The summed E-state index contributed by atoms with van der Waals surface area (Å²) in [5.74, 6) is 0.738. The lowest BCUT2D eigenvalue weighted by Gasteiger charge is -2.22. The van der Waals surface area contributed by atoms with Crippen molar-refractivity contribution in [1.29, 1.82) is 0 Å². The molecule has 0 spiro atoms. The number of hydrogen-bond acceptors (Lipinski definition) is 1. The van der Waals surface area contributed by atoms with Gasteiger partial charge < -0.3 is 4.90 Å². The Hall–Kier alpha value is -0.560. The van der Waals surface area contributed by atoms with Gasteiger partial charge >= 0.3 is 0 Å². The molecule has 0 aromatic carbocycles. The molecule has 1 heteroatoms.